The Balaban J connectivity index is 1.94. The van der Waals surface area contributed by atoms with E-state index in [0.29, 0.717) is 0 Å². The molecule has 1 aliphatic rings. The van der Waals surface area contributed by atoms with Crippen LogP contribution in [0.2, 0.25) is 0 Å². The van der Waals surface area contributed by atoms with E-state index in [9.17, 15) is 0 Å². The van der Waals surface area contributed by atoms with Crippen LogP contribution < -0.4 is 4.90 Å². The predicted molar refractivity (Wildman–Crippen MR) is 66.9 cm³/mol. The highest BCUT2D eigenvalue weighted by molar-refractivity contribution is 5.86. The van der Waals surface area contributed by atoms with Gasteiger partial charge in [-0.1, -0.05) is 6.92 Å². The first-order valence-electron chi connectivity index (χ1n) is 6.23. The molecule has 0 aliphatic carbocycles. The van der Waals surface area contributed by atoms with Crippen LogP contribution in [0.3, 0.4) is 0 Å². The Morgan fingerprint density at radius 3 is 3.18 bits per heavy atom. The molecule has 1 N–H and O–H groups in total. The molecule has 1 unspecified atom stereocenters. The van der Waals surface area contributed by atoms with Crippen molar-refractivity contribution in [2.75, 3.05) is 18.0 Å². The van der Waals surface area contributed by atoms with Crippen molar-refractivity contribution in [2.24, 2.45) is 5.92 Å². The predicted octanol–water partition coefficient (Wildman–Crippen LogP) is 1.98. The SMILES string of the molecule is CC1CCCN(c2ncnc3[nH]ncc23)CC1. The number of nitrogens with one attached hydrogen (secondary N) is 1. The zero-order valence-electron chi connectivity index (χ0n) is 10.1. The standard InChI is InChI=1S/C12H17N5/c1-9-3-2-5-17(6-4-9)12-10-7-15-16-11(10)13-8-14-12/h7-9H,2-6H2,1H3,(H,13,14,15,16). The van der Waals surface area contributed by atoms with E-state index < -0.39 is 0 Å². The van der Waals surface area contributed by atoms with Crippen LogP contribution in [0.4, 0.5) is 5.82 Å². The smallest absolute Gasteiger partial charge is 0.160 e. The van der Waals surface area contributed by atoms with E-state index in [1.165, 1.54) is 19.3 Å². The maximum Gasteiger partial charge on any atom is 0.160 e. The number of H-pyrrole nitrogens is 1. The summed E-state index contributed by atoms with van der Waals surface area (Å²) >= 11 is 0. The number of fused-ring (bicyclic) bond motifs is 1. The molecule has 0 radical (unpaired) electrons. The lowest BCUT2D eigenvalue weighted by Gasteiger charge is -2.21. The van der Waals surface area contributed by atoms with Gasteiger partial charge in [0, 0.05) is 13.1 Å². The van der Waals surface area contributed by atoms with E-state index >= 15 is 0 Å². The topological polar surface area (TPSA) is 57.7 Å². The minimum Gasteiger partial charge on any atom is -0.356 e. The summed E-state index contributed by atoms with van der Waals surface area (Å²) in [4.78, 5) is 11.0. The maximum atomic E-state index is 4.42. The second kappa shape index (κ2) is 4.31. The van der Waals surface area contributed by atoms with Gasteiger partial charge in [0.2, 0.25) is 0 Å². The van der Waals surface area contributed by atoms with Crippen molar-refractivity contribution in [3.05, 3.63) is 12.5 Å². The average molecular weight is 231 g/mol. The molecule has 0 aromatic carbocycles. The Kier molecular flexibility index (Phi) is 2.66. The summed E-state index contributed by atoms with van der Waals surface area (Å²) in [7, 11) is 0. The van der Waals surface area contributed by atoms with Crippen molar-refractivity contribution in [1.29, 1.82) is 0 Å². The van der Waals surface area contributed by atoms with Gasteiger partial charge in [0.1, 0.15) is 12.1 Å². The zero-order valence-corrected chi connectivity index (χ0v) is 10.1. The molecule has 0 amide bonds. The van der Waals surface area contributed by atoms with Crippen molar-refractivity contribution in [2.45, 2.75) is 26.2 Å². The molecule has 5 heteroatoms. The van der Waals surface area contributed by atoms with Crippen molar-refractivity contribution >= 4 is 16.9 Å². The summed E-state index contributed by atoms with van der Waals surface area (Å²) in [5.41, 5.74) is 0.826. The van der Waals surface area contributed by atoms with Gasteiger partial charge >= 0.3 is 0 Å². The summed E-state index contributed by atoms with van der Waals surface area (Å²) in [5.74, 6) is 1.85. The molecular weight excluding hydrogens is 214 g/mol. The Morgan fingerprint density at radius 2 is 2.24 bits per heavy atom. The fourth-order valence-electron chi connectivity index (χ4n) is 2.48. The van der Waals surface area contributed by atoms with Gasteiger partial charge in [-0.2, -0.15) is 5.10 Å². The number of anilines is 1. The van der Waals surface area contributed by atoms with Crippen molar-refractivity contribution in [3.63, 3.8) is 0 Å². The monoisotopic (exact) mass is 231 g/mol. The van der Waals surface area contributed by atoms with Crippen LogP contribution in [-0.4, -0.2) is 33.3 Å². The molecule has 1 fully saturated rings. The third kappa shape index (κ3) is 1.97. The van der Waals surface area contributed by atoms with Gasteiger partial charge in [-0.25, -0.2) is 9.97 Å². The second-order valence-electron chi connectivity index (χ2n) is 4.85. The van der Waals surface area contributed by atoms with Crippen molar-refractivity contribution < 1.29 is 0 Å². The van der Waals surface area contributed by atoms with Crippen LogP contribution in [0.5, 0.6) is 0 Å². The number of nitrogens with zero attached hydrogens (tertiary/aromatic N) is 4. The summed E-state index contributed by atoms with van der Waals surface area (Å²) in [6.07, 6.45) is 7.23. The lowest BCUT2D eigenvalue weighted by Crippen LogP contribution is -2.25. The highest BCUT2D eigenvalue weighted by Gasteiger charge is 2.17. The molecule has 17 heavy (non-hydrogen) atoms. The van der Waals surface area contributed by atoms with Crippen molar-refractivity contribution in [3.8, 4) is 0 Å². The van der Waals surface area contributed by atoms with Gasteiger partial charge in [0.25, 0.3) is 0 Å². The van der Waals surface area contributed by atoms with E-state index in [-0.39, 0.29) is 0 Å². The van der Waals surface area contributed by atoms with Crippen LogP contribution in [0.1, 0.15) is 26.2 Å². The first-order valence-corrected chi connectivity index (χ1v) is 6.23. The first-order chi connectivity index (χ1) is 8.34. The van der Waals surface area contributed by atoms with Gasteiger partial charge in [-0.05, 0) is 25.2 Å². The highest BCUT2D eigenvalue weighted by atomic mass is 15.2. The molecule has 1 aliphatic heterocycles. The molecule has 0 saturated carbocycles. The van der Waals surface area contributed by atoms with Gasteiger partial charge < -0.3 is 4.90 Å². The molecule has 1 atom stereocenters. The molecule has 90 valence electrons. The van der Waals surface area contributed by atoms with Gasteiger partial charge in [0.05, 0.1) is 11.6 Å². The second-order valence-corrected chi connectivity index (χ2v) is 4.85. The van der Waals surface area contributed by atoms with Crippen LogP contribution >= 0.6 is 0 Å². The normalized spacial score (nSPS) is 21.7. The van der Waals surface area contributed by atoms with E-state index in [0.717, 1.165) is 35.9 Å². The first kappa shape index (κ1) is 10.5. The number of aromatic nitrogens is 4. The van der Waals surface area contributed by atoms with Crippen molar-refractivity contribution in [1.82, 2.24) is 20.2 Å². The molecular formula is C12H17N5. The fourth-order valence-corrected chi connectivity index (χ4v) is 2.48. The summed E-state index contributed by atoms with van der Waals surface area (Å²) < 4.78 is 0. The van der Waals surface area contributed by atoms with Gasteiger partial charge in [-0.3, -0.25) is 5.10 Å². The summed E-state index contributed by atoms with van der Waals surface area (Å²) in [6, 6.07) is 0. The number of rotatable bonds is 1. The highest BCUT2D eigenvalue weighted by Crippen LogP contribution is 2.25. The van der Waals surface area contributed by atoms with E-state index in [2.05, 4.69) is 32.0 Å². The third-order valence-corrected chi connectivity index (χ3v) is 3.54. The van der Waals surface area contributed by atoms with Crippen LogP contribution in [0.25, 0.3) is 11.0 Å². The lowest BCUT2D eigenvalue weighted by molar-refractivity contribution is 0.521. The molecule has 2 aromatic rings. The number of hydrogen-bond acceptors (Lipinski definition) is 4. The molecule has 2 aromatic heterocycles. The van der Waals surface area contributed by atoms with Crippen LogP contribution in [0.15, 0.2) is 12.5 Å². The minimum absolute atomic E-state index is 0.821. The van der Waals surface area contributed by atoms with Gasteiger partial charge in [0.15, 0.2) is 5.65 Å². The molecule has 0 bridgehead atoms. The minimum atomic E-state index is 0.821. The van der Waals surface area contributed by atoms with E-state index in [1.807, 2.05) is 6.20 Å². The average Bonchev–Trinajstić information content (AvgIpc) is 2.72. The molecule has 3 heterocycles. The van der Waals surface area contributed by atoms with Crippen LogP contribution in [-0.2, 0) is 0 Å². The van der Waals surface area contributed by atoms with E-state index in [1.54, 1.807) is 6.33 Å². The zero-order chi connectivity index (χ0) is 11.7. The molecule has 0 spiro atoms. The summed E-state index contributed by atoms with van der Waals surface area (Å²) in [6.45, 7) is 4.50. The van der Waals surface area contributed by atoms with Crippen LogP contribution in [0, 0.1) is 5.92 Å². The Labute approximate surface area is 100 Å². The summed E-state index contributed by atoms with van der Waals surface area (Å²) in [5, 5.41) is 7.97. The lowest BCUT2D eigenvalue weighted by atomic mass is 10.0. The number of hydrogen-bond donors (Lipinski definition) is 1. The largest absolute Gasteiger partial charge is 0.356 e. The quantitative estimate of drug-likeness (QED) is 0.815. The third-order valence-electron chi connectivity index (χ3n) is 3.54. The molecule has 1 saturated heterocycles. The Morgan fingerprint density at radius 1 is 1.29 bits per heavy atom. The maximum absolute atomic E-state index is 4.42. The number of aromatic amines is 1. The Bertz CT molecular complexity index is 506. The fraction of sp³-hybridized carbons (Fsp3) is 0.583. The van der Waals surface area contributed by atoms with Gasteiger partial charge in [-0.15, -0.1) is 0 Å². The molecule has 3 rings (SSSR count). The molecule has 5 nitrogen and oxygen atoms in total. The Hall–Kier alpha value is -1.65. The van der Waals surface area contributed by atoms with E-state index in [4.69, 9.17) is 0 Å².